The number of hydrogen-bond acceptors (Lipinski definition) is 4. The van der Waals surface area contributed by atoms with Crippen molar-refractivity contribution < 1.29 is 4.79 Å². The average molecular weight is 394 g/mol. The van der Waals surface area contributed by atoms with Crippen molar-refractivity contribution >= 4 is 28.1 Å². The van der Waals surface area contributed by atoms with Gasteiger partial charge in [-0.1, -0.05) is 6.07 Å². The third-order valence-corrected chi connectivity index (χ3v) is 6.77. The fraction of sp³-hybridized carbons (Fsp3) is 0.391. The van der Waals surface area contributed by atoms with Crippen LogP contribution >= 0.6 is 11.3 Å². The van der Waals surface area contributed by atoms with E-state index < -0.39 is 0 Å². The fourth-order valence-electron chi connectivity index (χ4n) is 4.02. The van der Waals surface area contributed by atoms with Crippen molar-refractivity contribution in [1.82, 2.24) is 15.2 Å². The van der Waals surface area contributed by atoms with Crippen LogP contribution in [0.25, 0.3) is 21.5 Å². The van der Waals surface area contributed by atoms with Crippen molar-refractivity contribution in [2.45, 2.75) is 39.2 Å². The number of fused-ring (bicyclic) bond motifs is 1. The van der Waals surface area contributed by atoms with Crippen molar-refractivity contribution in [2.24, 2.45) is 0 Å². The zero-order chi connectivity index (χ0) is 19.7. The summed E-state index contributed by atoms with van der Waals surface area (Å²) in [6.45, 7) is 6.04. The van der Waals surface area contributed by atoms with E-state index in [4.69, 9.17) is 4.98 Å². The van der Waals surface area contributed by atoms with Crippen molar-refractivity contribution in [3.63, 3.8) is 0 Å². The van der Waals surface area contributed by atoms with Crippen LogP contribution in [0.1, 0.15) is 40.7 Å². The van der Waals surface area contributed by atoms with Crippen molar-refractivity contribution in [3.05, 3.63) is 52.4 Å². The van der Waals surface area contributed by atoms with Crippen molar-refractivity contribution in [2.75, 3.05) is 20.1 Å². The molecule has 28 heavy (non-hydrogen) atoms. The lowest BCUT2D eigenvalue weighted by atomic mass is 10.0. The Morgan fingerprint density at radius 3 is 2.82 bits per heavy atom. The quantitative estimate of drug-likeness (QED) is 0.678. The largest absolute Gasteiger partial charge is 0.352 e. The SMILES string of the molecule is Cc1cc2nc(-c3cccs3)cc(C(=O)NCCC3CCCN3C)c2cc1C. The molecule has 0 aliphatic carbocycles. The molecule has 0 spiro atoms. The van der Waals surface area contributed by atoms with Crippen LogP contribution in [0.5, 0.6) is 0 Å². The molecule has 3 aromatic rings. The minimum absolute atomic E-state index is 0.00545. The van der Waals surface area contributed by atoms with E-state index >= 15 is 0 Å². The smallest absolute Gasteiger partial charge is 0.252 e. The first kappa shape index (κ1) is 19.1. The van der Waals surface area contributed by atoms with Gasteiger partial charge in [-0.25, -0.2) is 4.98 Å². The highest BCUT2D eigenvalue weighted by atomic mass is 32.1. The first-order valence-corrected chi connectivity index (χ1v) is 10.8. The summed E-state index contributed by atoms with van der Waals surface area (Å²) in [6.07, 6.45) is 3.49. The Balaban J connectivity index is 1.63. The molecule has 0 bridgehead atoms. The van der Waals surface area contributed by atoms with E-state index in [0.717, 1.165) is 40.0 Å². The molecular weight excluding hydrogens is 366 g/mol. The molecule has 0 radical (unpaired) electrons. The van der Waals surface area contributed by atoms with E-state index in [1.54, 1.807) is 11.3 Å². The predicted molar refractivity (Wildman–Crippen MR) is 117 cm³/mol. The number of thiophene rings is 1. The Labute approximate surface area is 170 Å². The number of nitrogens with zero attached hydrogens (tertiary/aromatic N) is 2. The minimum atomic E-state index is -0.00545. The summed E-state index contributed by atoms with van der Waals surface area (Å²) in [5, 5.41) is 6.13. The molecular formula is C23H27N3OS. The van der Waals surface area contributed by atoms with Gasteiger partial charge in [-0.3, -0.25) is 4.79 Å². The number of likely N-dealkylation sites (tertiary alicyclic amines) is 1. The van der Waals surface area contributed by atoms with Crippen LogP contribution in [-0.2, 0) is 0 Å². The molecule has 1 atom stereocenters. The predicted octanol–water partition coefficient (Wildman–Crippen LogP) is 4.79. The van der Waals surface area contributed by atoms with E-state index in [0.29, 0.717) is 12.6 Å². The molecule has 1 saturated heterocycles. The molecule has 1 aliphatic rings. The van der Waals surface area contributed by atoms with Gasteiger partial charge in [0.1, 0.15) is 0 Å². The monoisotopic (exact) mass is 393 g/mol. The Bertz CT molecular complexity index is 997. The summed E-state index contributed by atoms with van der Waals surface area (Å²) in [5.41, 5.74) is 4.84. The van der Waals surface area contributed by atoms with Gasteiger partial charge in [0.2, 0.25) is 0 Å². The Kier molecular flexibility index (Phi) is 5.47. The third-order valence-electron chi connectivity index (χ3n) is 5.88. The van der Waals surface area contributed by atoms with Crippen molar-refractivity contribution in [3.8, 4) is 10.6 Å². The van der Waals surface area contributed by atoms with Gasteiger partial charge in [0.15, 0.2) is 0 Å². The van der Waals surface area contributed by atoms with E-state index in [1.165, 1.54) is 24.0 Å². The number of benzene rings is 1. The Morgan fingerprint density at radius 2 is 2.11 bits per heavy atom. The molecule has 1 amide bonds. The van der Waals surface area contributed by atoms with E-state index in [1.807, 2.05) is 17.5 Å². The van der Waals surface area contributed by atoms with Gasteiger partial charge in [-0.15, -0.1) is 11.3 Å². The van der Waals surface area contributed by atoms with Crippen LogP contribution in [0.3, 0.4) is 0 Å². The molecule has 1 unspecified atom stereocenters. The highest BCUT2D eigenvalue weighted by Gasteiger charge is 2.21. The van der Waals surface area contributed by atoms with E-state index in [9.17, 15) is 4.79 Å². The molecule has 1 aliphatic heterocycles. The molecule has 1 N–H and O–H groups in total. The summed E-state index contributed by atoms with van der Waals surface area (Å²) < 4.78 is 0. The number of pyridine rings is 1. The zero-order valence-electron chi connectivity index (χ0n) is 16.8. The lowest BCUT2D eigenvalue weighted by molar-refractivity contribution is 0.0952. The van der Waals surface area contributed by atoms with Crippen LogP contribution in [0.15, 0.2) is 35.7 Å². The number of aromatic nitrogens is 1. The highest BCUT2D eigenvalue weighted by molar-refractivity contribution is 7.13. The maximum absolute atomic E-state index is 13.1. The number of amides is 1. The normalized spacial score (nSPS) is 17.3. The second-order valence-corrected chi connectivity index (χ2v) is 8.75. The van der Waals surface area contributed by atoms with Crippen molar-refractivity contribution in [1.29, 1.82) is 0 Å². The van der Waals surface area contributed by atoms with Gasteiger partial charge in [0.05, 0.1) is 21.7 Å². The number of hydrogen-bond donors (Lipinski definition) is 1. The topological polar surface area (TPSA) is 45.2 Å². The van der Waals surface area contributed by atoms with Crippen LogP contribution in [0.2, 0.25) is 0 Å². The molecule has 2 aromatic heterocycles. The van der Waals surface area contributed by atoms with Crippen LogP contribution < -0.4 is 5.32 Å². The lowest BCUT2D eigenvalue weighted by Crippen LogP contribution is -2.31. The molecule has 1 fully saturated rings. The summed E-state index contributed by atoms with van der Waals surface area (Å²) in [5.74, 6) is -0.00545. The average Bonchev–Trinajstić information content (AvgIpc) is 3.34. The van der Waals surface area contributed by atoms with Gasteiger partial charge < -0.3 is 10.2 Å². The summed E-state index contributed by atoms with van der Waals surface area (Å²) >= 11 is 1.65. The minimum Gasteiger partial charge on any atom is -0.352 e. The van der Waals surface area contributed by atoms with Gasteiger partial charge in [0.25, 0.3) is 5.91 Å². The molecule has 4 nitrogen and oxygen atoms in total. The maximum Gasteiger partial charge on any atom is 0.252 e. The number of carbonyl (C=O) groups is 1. The van der Waals surface area contributed by atoms with Crippen LogP contribution in [0, 0.1) is 13.8 Å². The Hall–Kier alpha value is -2.24. The zero-order valence-corrected chi connectivity index (χ0v) is 17.6. The molecule has 3 heterocycles. The number of carbonyl (C=O) groups excluding carboxylic acids is 1. The number of nitrogens with one attached hydrogen (secondary N) is 1. The fourth-order valence-corrected chi connectivity index (χ4v) is 4.70. The Morgan fingerprint density at radius 1 is 1.29 bits per heavy atom. The van der Waals surface area contributed by atoms with Gasteiger partial charge in [0, 0.05) is 18.0 Å². The van der Waals surface area contributed by atoms with E-state index in [2.05, 4.69) is 49.3 Å². The van der Waals surface area contributed by atoms with E-state index in [-0.39, 0.29) is 5.91 Å². The summed E-state index contributed by atoms with van der Waals surface area (Å²) in [7, 11) is 2.17. The first-order chi connectivity index (χ1) is 13.5. The first-order valence-electron chi connectivity index (χ1n) is 9.97. The van der Waals surface area contributed by atoms with Crippen LogP contribution in [0.4, 0.5) is 0 Å². The second-order valence-electron chi connectivity index (χ2n) is 7.81. The summed E-state index contributed by atoms with van der Waals surface area (Å²) in [6, 6.07) is 10.8. The molecule has 4 rings (SSSR count). The molecule has 0 saturated carbocycles. The lowest BCUT2D eigenvalue weighted by Gasteiger charge is -2.19. The maximum atomic E-state index is 13.1. The standard InChI is InChI=1S/C23H27N3OS/c1-15-12-18-19(23(27)24-9-8-17-6-4-10-26(17)3)14-21(22-7-5-11-28-22)25-20(18)13-16(15)2/h5,7,11-14,17H,4,6,8-10H2,1-3H3,(H,24,27). The molecule has 1 aromatic carbocycles. The number of aryl methyl sites for hydroxylation is 2. The van der Waals surface area contributed by atoms with Gasteiger partial charge >= 0.3 is 0 Å². The van der Waals surface area contributed by atoms with Gasteiger partial charge in [-0.05, 0) is 87.5 Å². The van der Waals surface area contributed by atoms with Gasteiger partial charge in [-0.2, -0.15) is 0 Å². The van der Waals surface area contributed by atoms with Crippen LogP contribution in [-0.4, -0.2) is 42.0 Å². The summed E-state index contributed by atoms with van der Waals surface area (Å²) in [4.78, 5) is 21.4. The molecule has 146 valence electrons. The molecule has 5 heteroatoms. The number of rotatable bonds is 5. The second kappa shape index (κ2) is 8.02. The highest BCUT2D eigenvalue weighted by Crippen LogP contribution is 2.29. The third kappa shape index (κ3) is 3.82.